The fourth-order valence-electron chi connectivity index (χ4n) is 9.45. The van der Waals surface area contributed by atoms with Gasteiger partial charge in [-0.15, -0.1) is 0 Å². The van der Waals surface area contributed by atoms with Crippen molar-refractivity contribution in [2.45, 2.75) is 148 Å². The maximum absolute atomic E-state index is 13.7. The van der Waals surface area contributed by atoms with E-state index in [0.29, 0.717) is 59.5 Å². The van der Waals surface area contributed by atoms with E-state index >= 15 is 0 Å². The average Bonchev–Trinajstić information content (AvgIpc) is 4.33. The van der Waals surface area contributed by atoms with Crippen molar-refractivity contribution in [3.63, 3.8) is 0 Å². The first-order valence-electron chi connectivity index (χ1n) is 28.7. The van der Waals surface area contributed by atoms with Crippen molar-refractivity contribution < 1.29 is 52.0 Å². The zero-order valence-corrected chi connectivity index (χ0v) is 52.4. The van der Waals surface area contributed by atoms with E-state index < -0.39 is 17.6 Å². The maximum atomic E-state index is 13.7. The van der Waals surface area contributed by atoms with Crippen molar-refractivity contribution >= 4 is 34.9 Å². The molecule has 0 aliphatic carbocycles. The van der Waals surface area contributed by atoms with E-state index in [-0.39, 0.29) is 28.8 Å². The van der Waals surface area contributed by atoms with E-state index in [1.807, 2.05) is 69.2 Å². The summed E-state index contributed by atoms with van der Waals surface area (Å²) in [7, 11) is 0. The van der Waals surface area contributed by atoms with Crippen LogP contribution >= 0.6 is 11.6 Å². The number of halogens is 3. The van der Waals surface area contributed by atoms with Crippen LogP contribution in [0, 0.1) is 80.9 Å². The van der Waals surface area contributed by atoms with E-state index in [1.54, 1.807) is 36.4 Å². The Balaban J connectivity index is 0.000000209. The molecule has 8 rings (SSSR count). The Morgan fingerprint density at radius 1 is 0.430 bits per heavy atom. The third-order valence-corrected chi connectivity index (χ3v) is 14.7. The van der Waals surface area contributed by atoms with E-state index in [4.69, 9.17) is 35.7 Å². The Morgan fingerprint density at radius 2 is 0.791 bits per heavy atom. The Kier molecular flexibility index (Phi) is 26.5. The lowest BCUT2D eigenvalue weighted by atomic mass is 10.1. The minimum atomic E-state index is -0.913. The number of ether oxygens (including phenoxy) is 4. The molecule has 0 saturated heterocycles. The number of nitrogens with zero attached hydrogens (tertiary/aromatic N) is 4. The second-order valence-electron chi connectivity index (χ2n) is 21.2. The van der Waals surface area contributed by atoms with Crippen molar-refractivity contribution in [2.24, 2.45) is 0 Å². The van der Waals surface area contributed by atoms with Gasteiger partial charge in [-0.3, -0.25) is 34.8 Å². The monoisotopic (exact) mass is 1200 g/mol. The fourth-order valence-corrected chi connectivity index (χ4v) is 9.62. The maximum Gasteiger partial charge on any atom is 0.335 e. The smallest absolute Gasteiger partial charge is 0.335 e. The number of aromatic nitrogens is 8. The number of aromatic carboxylic acids is 1. The second kappa shape index (κ2) is 33.3. The number of Topliss-reactive ketones (excluding diaryl/α,β-unsaturated/α-hetero) is 3. The molecule has 0 saturated carbocycles. The zero-order chi connectivity index (χ0) is 63.2. The van der Waals surface area contributed by atoms with Gasteiger partial charge >= 0.3 is 5.97 Å². The summed E-state index contributed by atoms with van der Waals surface area (Å²) in [5.74, 6) is -0.448. The third-order valence-electron chi connectivity index (χ3n) is 14.4. The van der Waals surface area contributed by atoms with Gasteiger partial charge in [0, 0.05) is 39.5 Å². The van der Waals surface area contributed by atoms with Gasteiger partial charge in [0.05, 0.1) is 59.8 Å². The molecule has 20 heteroatoms. The largest absolute Gasteiger partial charge is 0.493 e. The number of benzene rings is 4. The molecule has 4 aromatic heterocycles. The molecule has 0 bridgehead atoms. The van der Waals surface area contributed by atoms with Crippen LogP contribution in [0.15, 0.2) is 66.7 Å². The van der Waals surface area contributed by atoms with Gasteiger partial charge in [0.2, 0.25) is 0 Å². The Labute approximate surface area is 507 Å². The molecule has 0 radical (unpaired) electrons. The SMILES string of the molecule is CC(=O)c1ccc(Cl)c(OCCCc2c(C)n[nH]c2C)c1.CC(=O)c1ccc(F)c(OCCCCc2c(C)n[nH]c2C)c1.CC(=O)c1ccc(OCCCc2c(C)n[nH]c2C)c(F)c1.Cc1cc(C(=O)O)cc(C)c1OCCCc1c(C)n[nH]c1C. The summed E-state index contributed by atoms with van der Waals surface area (Å²) < 4.78 is 49.8. The molecule has 4 aromatic carbocycles. The van der Waals surface area contributed by atoms with Gasteiger partial charge in [0.25, 0.3) is 0 Å². The standard InChI is InChI=1S/C17H21FN2O2.C17H22N2O3.C16H19ClN2O2.C16H19FN2O2/c1-11-15(12(2)20-19-11)6-4-5-9-22-17-10-14(13(3)21)7-8-16(17)18;1-10-8-14(17(20)21)9-11(2)16(10)22-7-5-6-15-12(3)18-19-13(15)4;1-10-14(11(2)19-18-10)5-4-8-21-16-9-13(12(3)20)6-7-15(16)17;1-10-14(11(2)19-18-10)5-4-8-21-16-7-6-13(12(3)20)9-15(16)17/h7-8,10H,4-6,9H2,1-3H3,(H,19,20);8-9H,5-7H2,1-4H3,(H,18,19)(H,20,21);2*6-7,9H,4-5,8H2,1-3H3,(H,18,19). The van der Waals surface area contributed by atoms with Crippen molar-refractivity contribution in [1.82, 2.24) is 40.8 Å². The normalized spacial score (nSPS) is 10.7. The molecule has 460 valence electrons. The Bertz CT molecular complexity index is 3480. The molecular formula is C66H81ClF2N8O9. The van der Waals surface area contributed by atoms with E-state index in [2.05, 4.69) is 40.8 Å². The van der Waals surface area contributed by atoms with Gasteiger partial charge in [-0.05, 0) is 248 Å². The van der Waals surface area contributed by atoms with E-state index in [9.17, 15) is 28.0 Å². The molecule has 0 fully saturated rings. The topological polar surface area (TPSA) is 240 Å². The van der Waals surface area contributed by atoms with E-state index in [1.165, 1.54) is 73.4 Å². The molecule has 0 aliphatic heterocycles. The van der Waals surface area contributed by atoms with Crippen LogP contribution in [-0.2, 0) is 25.7 Å². The van der Waals surface area contributed by atoms with Crippen LogP contribution in [0.3, 0.4) is 0 Å². The zero-order valence-electron chi connectivity index (χ0n) is 51.7. The number of aryl methyl sites for hydroxylation is 10. The fraction of sp³-hybridized carbons (Fsp3) is 0.394. The number of carbonyl (C=O) groups is 4. The summed E-state index contributed by atoms with van der Waals surface area (Å²) in [4.78, 5) is 44.8. The molecule has 17 nitrogen and oxygen atoms in total. The summed E-state index contributed by atoms with van der Waals surface area (Å²) in [6.07, 6.45) is 7.85. The molecule has 0 aliphatic rings. The lowest BCUT2D eigenvalue weighted by Gasteiger charge is -2.13. The number of rotatable bonds is 25. The molecule has 0 unspecified atom stereocenters. The van der Waals surface area contributed by atoms with Crippen molar-refractivity contribution in [3.8, 4) is 23.0 Å². The number of unbranched alkanes of at least 4 members (excludes halogenated alkanes) is 1. The van der Waals surface area contributed by atoms with E-state index in [0.717, 1.165) is 120 Å². The number of aromatic amines is 4. The number of carboxylic acid groups (broad SMARTS) is 1. The molecule has 86 heavy (non-hydrogen) atoms. The van der Waals surface area contributed by atoms with Gasteiger partial charge in [0.15, 0.2) is 40.5 Å². The van der Waals surface area contributed by atoms with Gasteiger partial charge < -0.3 is 24.1 Å². The minimum Gasteiger partial charge on any atom is -0.493 e. The number of carbonyl (C=O) groups excluding carboxylic acids is 3. The van der Waals surface area contributed by atoms with Crippen molar-refractivity contribution in [3.05, 3.63) is 185 Å². The summed E-state index contributed by atoms with van der Waals surface area (Å²) in [5.41, 5.74) is 16.8. The molecule has 4 heterocycles. The predicted molar refractivity (Wildman–Crippen MR) is 329 cm³/mol. The first-order chi connectivity index (χ1) is 40.9. The average molecular weight is 1200 g/mol. The summed E-state index contributed by atoms with van der Waals surface area (Å²) in [5, 5.41) is 38.1. The first kappa shape index (κ1) is 68.3. The van der Waals surface area contributed by atoms with Crippen LogP contribution < -0.4 is 18.9 Å². The van der Waals surface area contributed by atoms with Gasteiger partial charge in [0.1, 0.15) is 11.5 Å². The van der Waals surface area contributed by atoms with Gasteiger partial charge in [-0.1, -0.05) is 11.6 Å². The van der Waals surface area contributed by atoms with Crippen molar-refractivity contribution in [2.75, 3.05) is 26.4 Å². The summed E-state index contributed by atoms with van der Waals surface area (Å²) in [6, 6.07) is 16.9. The molecule has 8 aromatic rings. The molecule has 0 spiro atoms. The van der Waals surface area contributed by atoms with Crippen LogP contribution in [0.5, 0.6) is 23.0 Å². The molecule has 5 N–H and O–H groups in total. The lowest BCUT2D eigenvalue weighted by Crippen LogP contribution is -2.05. The number of carboxylic acids is 1. The van der Waals surface area contributed by atoms with Crippen molar-refractivity contribution in [1.29, 1.82) is 0 Å². The Morgan fingerprint density at radius 3 is 1.20 bits per heavy atom. The highest BCUT2D eigenvalue weighted by molar-refractivity contribution is 6.32. The number of hydrogen-bond donors (Lipinski definition) is 5. The first-order valence-corrected chi connectivity index (χ1v) is 29.0. The number of hydrogen-bond acceptors (Lipinski definition) is 12. The highest BCUT2D eigenvalue weighted by Gasteiger charge is 2.15. The number of ketones is 3. The van der Waals surface area contributed by atoms with Crippen LogP contribution in [0.2, 0.25) is 5.02 Å². The summed E-state index contributed by atoms with van der Waals surface area (Å²) in [6.45, 7) is 26.1. The second-order valence-corrected chi connectivity index (χ2v) is 21.6. The Hall–Kier alpha value is -8.45. The number of nitrogens with one attached hydrogen (secondary N) is 4. The summed E-state index contributed by atoms with van der Waals surface area (Å²) >= 11 is 6.08. The van der Waals surface area contributed by atoms with Crippen LogP contribution in [-0.4, -0.2) is 95.6 Å². The molecular weight excluding hydrogens is 1120 g/mol. The van der Waals surface area contributed by atoms with Crippen LogP contribution in [0.1, 0.15) is 173 Å². The minimum absolute atomic E-state index is 0.00108. The highest BCUT2D eigenvalue weighted by atomic mass is 35.5. The number of H-pyrrole nitrogens is 4. The van der Waals surface area contributed by atoms with Crippen LogP contribution in [0.25, 0.3) is 0 Å². The third kappa shape index (κ3) is 20.4. The highest BCUT2D eigenvalue weighted by Crippen LogP contribution is 2.28. The quantitative estimate of drug-likeness (QED) is 0.0265. The molecule has 0 amide bonds. The molecule has 0 atom stereocenters. The predicted octanol–water partition coefficient (Wildman–Crippen LogP) is 14.4. The van der Waals surface area contributed by atoms with Gasteiger partial charge in [-0.2, -0.15) is 20.4 Å². The van der Waals surface area contributed by atoms with Gasteiger partial charge in [-0.25, -0.2) is 13.6 Å². The van der Waals surface area contributed by atoms with Crippen LogP contribution in [0.4, 0.5) is 8.78 Å². The lowest BCUT2D eigenvalue weighted by molar-refractivity contribution is 0.0695.